The topological polar surface area (TPSA) is 51.7 Å². The van der Waals surface area contributed by atoms with Gasteiger partial charge < -0.3 is 18.8 Å². The Balaban J connectivity index is 1.78. The molecule has 1 aliphatic carbocycles. The van der Waals surface area contributed by atoms with Gasteiger partial charge in [0.05, 0.1) is 18.5 Å². The molecule has 1 N–H and O–H groups in total. The summed E-state index contributed by atoms with van der Waals surface area (Å²) in [7, 11) is 3.11. The fourth-order valence-electron chi connectivity index (χ4n) is 3.82. The van der Waals surface area contributed by atoms with Crippen LogP contribution in [0.1, 0.15) is 29.1 Å². The highest BCUT2D eigenvalue weighted by molar-refractivity contribution is 6.47. The second-order valence-corrected chi connectivity index (χ2v) is 6.64. The van der Waals surface area contributed by atoms with E-state index < -0.39 is 7.05 Å². The van der Waals surface area contributed by atoms with Crippen molar-refractivity contribution in [1.82, 2.24) is 9.05 Å². The third-order valence-corrected chi connectivity index (χ3v) is 4.97. The van der Waals surface area contributed by atoms with Crippen LogP contribution in [0.4, 0.5) is 0 Å². The van der Waals surface area contributed by atoms with E-state index in [2.05, 4.69) is 6.07 Å². The number of nitrogens with zero attached hydrogens (tertiary/aromatic N) is 3. The summed E-state index contributed by atoms with van der Waals surface area (Å²) in [5, 5.41) is 10.2. The largest absolute Gasteiger partial charge is 0.494 e. The molecule has 6 heteroatoms. The number of ether oxygens (including phenoxy) is 1. The summed E-state index contributed by atoms with van der Waals surface area (Å²) in [5.41, 5.74) is 6.28. The van der Waals surface area contributed by atoms with Crippen molar-refractivity contribution in [2.45, 2.75) is 26.1 Å². The number of allylic oxidation sites excluding steroid dienone is 1. The molecule has 0 unspecified atom stereocenters. The maximum absolute atomic E-state index is 10.2. The van der Waals surface area contributed by atoms with Crippen molar-refractivity contribution in [1.29, 1.82) is 0 Å². The lowest BCUT2D eigenvalue weighted by Gasteiger charge is -2.11. The molecule has 0 amide bonds. The summed E-state index contributed by atoms with van der Waals surface area (Å²) in [6.45, 7) is 1.81. The zero-order chi connectivity index (χ0) is 17.6. The van der Waals surface area contributed by atoms with Crippen LogP contribution < -0.4 is 0 Å². The minimum atomic E-state index is -0.554. The van der Waals surface area contributed by atoms with Gasteiger partial charge in [-0.2, -0.15) is 0 Å². The molecule has 0 bridgehead atoms. The monoisotopic (exact) mass is 335 g/mol. The first kappa shape index (κ1) is 16.0. The maximum atomic E-state index is 10.2. The van der Waals surface area contributed by atoms with Gasteiger partial charge in [-0.3, -0.25) is 0 Å². The van der Waals surface area contributed by atoms with Gasteiger partial charge in [-0.1, -0.05) is 0 Å². The van der Waals surface area contributed by atoms with Crippen molar-refractivity contribution < 1.29 is 9.76 Å². The first-order valence-electron chi connectivity index (χ1n) is 8.67. The van der Waals surface area contributed by atoms with Gasteiger partial charge in [0, 0.05) is 30.7 Å². The van der Waals surface area contributed by atoms with E-state index in [0.717, 1.165) is 47.8 Å². The van der Waals surface area contributed by atoms with E-state index in [1.54, 1.807) is 13.9 Å². The second kappa shape index (κ2) is 6.12. The Morgan fingerprint density at radius 1 is 1.36 bits per heavy atom. The minimum Gasteiger partial charge on any atom is -0.494 e. The highest BCUT2D eigenvalue weighted by atomic mass is 16.5. The van der Waals surface area contributed by atoms with E-state index in [-0.39, 0.29) is 0 Å². The predicted octanol–water partition coefficient (Wildman–Crippen LogP) is 2.65. The third kappa shape index (κ3) is 2.66. The normalized spacial score (nSPS) is 17.7. The number of hydrogen-bond acceptors (Lipinski definition) is 3. The fourth-order valence-corrected chi connectivity index (χ4v) is 3.82. The minimum absolute atomic E-state index is 0.554. The Morgan fingerprint density at radius 2 is 2.20 bits per heavy atom. The summed E-state index contributed by atoms with van der Waals surface area (Å²) in [4.78, 5) is 4.77. The van der Waals surface area contributed by atoms with E-state index in [1.165, 1.54) is 11.3 Å². The number of fused-ring (bicyclic) bond motifs is 1. The molecule has 0 radical (unpaired) electrons. The van der Waals surface area contributed by atoms with Crippen LogP contribution in [0.5, 0.6) is 0 Å². The third-order valence-electron chi connectivity index (χ3n) is 4.97. The van der Waals surface area contributed by atoms with Crippen LogP contribution in [0.15, 0.2) is 46.9 Å². The fraction of sp³-hybridized carbons (Fsp3) is 0.316. The number of aliphatic imine (C=N–C) groups is 1. The van der Waals surface area contributed by atoms with Crippen LogP contribution in [-0.2, 0) is 24.6 Å². The van der Waals surface area contributed by atoms with Gasteiger partial charge in [0.25, 0.3) is 0 Å². The van der Waals surface area contributed by atoms with Crippen molar-refractivity contribution in [2.24, 2.45) is 12.0 Å². The molecule has 0 saturated heterocycles. The Hall–Kier alpha value is -2.47. The standard InChI is InChI=1S/C19H22BN3O2/c1-20(24)23-14(10-13-6-4-7-17(13)23)11-16-19(25-3)12-15(21-16)18-8-5-9-22(18)2/h5,8-12,24H,4,6-7H2,1-3H3/b16-11+. The summed E-state index contributed by atoms with van der Waals surface area (Å²) in [6.07, 6.45) is 9.24. The average molecular weight is 335 g/mol. The molecule has 4 rings (SSSR count). The summed E-state index contributed by atoms with van der Waals surface area (Å²) in [6, 6.07) is 6.22. The van der Waals surface area contributed by atoms with Crippen molar-refractivity contribution in [3.8, 4) is 0 Å². The lowest BCUT2D eigenvalue weighted by molar-refractivity contribution is 0.303. The van der Waals surface area contributed by atoms with E-state index in [4.69, 9.17) is 9.73 Å². The number of aromatic nitrogens is 2. The molecule has 3 heterocycles. The number of rotatable bonds is 4. The van der Waals surface area contributed by atoms with E-state index in [9.17, 15) is 5.02 Å². The molecule has 1 aliphatic heterocycles. The molecule has 2 aromatic heterocycles. The van der Waals surface area contributed by atoms with Crippen LogP contribution >= 0.6 is 0 Å². The zero-order valence-corrected chi connectivity index (χ0v) is 14.9. The van der Waals surface area contributed by atoms with Crippen LogP contribution in [0, 0.1) is 0 Å². The highest BCUT2D eigenvalue weighted by Gasteiger charge is 2.24. The maximum Gasteiger partial charge on any atom is 0.413 e. The SMILES string of the molecule is COC1=CC(c2cccn2C)=N/C1=C/c1cc2c(n1B(C)O)CCC2. The van der Waals surface area contributed by atoms with Gasteiger partial charge in [0.1, 0.15) is 11.5 Å². The van der Waals surface area contributed by atoms with Crippen LogP contribution in [-0.4, -0.2) is 33.9 Å². The Labute approximate surface area is 148 Å². The van der Waals surface area contributed by atoms with Gasteiger partial charge in [0.2, 0.25) is 0 Å². The lowest BCUT2D eigenvalue weighted by atomic mass is 9.87. The lowest BCUT2D eigenvalue weighted by Crippen LogP contribution is -2.23. The quantitative estimate of drug-likeness (QED) is 0.874. The molecule has 2 aliphatic rings. The van der Waals surface area contributed by atoms with Crippen molar-refractivity contribution in [2.75, 3.05) is 7.11 Å². The predicted molar refractivity (Wildman–Crippen MR) is 101 cm³/mol. The first-order valence-corrected chi connectivity index (χ1v) is 8.67. The Bertz CT molecular complexity index is 915. The molecular formula is C19H22BN3O2. The average Bonchev–Trinajstić information content (AvgIpc) is 3.30. The van der Waals surface area contributed by atoms with Gasteiger partial charge in [-0.15, -0.1) is 0 Å². The molecule has 0 atom stereocenters. The molecule has 0 fully saturated rings. The van der Waals surface area contributed by atoms with Crippen LogP contribution in [0.2, 0.25) is 6.82 Å². The van der Waals surface area contributed by atoms with E-state index >= 15 is 0 Å². The summed E-state index contributed by atoms with van der Waals surface area (Å²) < 4.78 is 9.59. The van der Waals surface area contributed by atoms with Crippen molar-refractivity contribution in [3.05, 3.63) is 64.6 Å². The molecule has 0 saturated carbocycles. The van der Waals surface area contributed by atoms with Crippen molar-refractivity contribution >= 4 is 18.8 Å². The smallest absolute Gasteiger partial charge is 0.413 e. The molecular weight excluding hydrogens is 313 g/mol. The highest BCUT2D eigenvalue weighted by Crippen LogP contribution is 2.30. The van der Waals surface area contributed by atoms with Crippen LogP contribution in [0.25, 0.3) is 6.08 Å². The molecule has 0 aromatic carbocycles. The molecule has 5 nitrogen and oxygen atoms in total. The Morgan fingerprint density at radius 3 is 2.88 bits per heavy atom. The van der Waals surface area contributed by atoms with E-state index in [0.29, 0.717) is 0 Å². The number of aryl methyl sites for hydroxylation is 2. The number of hydrogen-bond donors (Lipinski definition) is 1. The van der Waals surface area contributed by atoms with E-state index in [1.807, 2.05) is 46.6 Å². The number of methoxy groups -OCH3 is 1. The summed E-state index contributed by atoms with van der Waals surface area (Å²) >= 11 is 0. The Kier molecular flexibility index (Phi) is 3.92. The van der Waals surface area contributed by atoms with Crippen molar-refractivity contribution in [3.63, 3.8) is 0 Å². The molecule has 128 valence electrons. The zero-order valence-electron chi connectivity index (χ0n) is 14.9. The second-order valence-electron chi connectivity index (χ2n) is 6.64. The van der Waals surface area contributed by atoms with Gasteiger partial charge >= 0.3 is 7.05 Å². The van der Waals surface area contributed by atoms with Crippen LogP contribution in [0.3, 0.4) is 0 Å². The molecule has 0 spiro atoms. The van der Waals surface area contributed by atoms with Gasteiger partial charge in [0.15, 0.2) is 0 Å². The van der Waals surface area contributed by atoms with Gasteiger partial charge in [-0.25, -0.2) is 4.99 Å². The van der Waals surface area contributed by atoms with Gasteiger partial charge in [-0.05, 0) is 55.9 Å². The summed E-state index contributed by atoms with van der Waals surface area (Å²) in [5.74, 6) is 0.745. The first-order chi connectivity index (χ1) is 12.1. The molecule has 2 aromatic rings. The molecule has 25 heavy (non-hydrogen) atoms.